The third-order valence-electron chi connectivity index (χ3n) is 1.19. The van der Waals surface area contributed by atoms with E-state index in [0.717, 1.165) is 0 Å². The molecule has 0 heterocycles. The topological polar surface area (TPSA) is 0 Å². The summed E-state index contributed by atoms with van der Waals surface area (Å²) >= 11 is 32.6. The molecule has 0 saturated carbocycles. The van der Waals surface area contributed by atoms with E-state index in [9.17, 15) is 0 Å². The van der Waals surface area contributed by atoms with Gasteiger partial charge in [0.15, 0.2) is 0 Å². The molecular formula is C6H3Cl5MgS. The molecule has 0 atom stereocenters. The van der Waals surface area contributed by atoms with Crippen molar-refractivity contribution in [2.75, 3.05) is 0 Å². The summed E-state index contributed by atoms with van der Waals surface area (Å²) in [6.07, 6.45) is 0. The normalized spacial score (nSPS) is 9.69. The van der Waals surface area contributed by atoms with Crippen LogP contribution in [0.4, 0.5) is 0 Å². The first-order chi connectivity index (χ1) is 5.46. The Hall–Kier alpha value is 1.79. The molecule has 1 aromatic carbocycles. The maximum absolute atomic E-state index is 5.72. The van der Waals surface area contributed by atoms with E-state index >= 15 is 0 Å². The van der Waals surface area contributed by atoms with Crippen molar-refractivity contribution in [1.82, 2.24) is 0 Å². The predicted octanol–water partition coefficient (Wildman–Crippen LogP) is 5.09. The number of hydrogen-bond donors (Lipinski definition) is 1. The molecule has 0 fully saturated rings. The third-order valence-corrected chi connectivity index (χ3v) is 4.17. The van der Waals surface area contributed by atoms with Crippen LogP contribution in [-0.4, -0.2) is 23.1 Å². The van der Waals surface area contributed by atoms with Gasteiger partial charge in [0.25, 0.3) is 0 Å². The largest absolute Gasteiger partial charge is 2.00 e. The molecule has 1 rings (SSSR count). The average molecular weight is 309 g/mol. The SMILES string of the molecule is Sc1c(Cl)c(Cl)c(Cl)c(Cl)c1Cl.[H-].[H-].[Mg+2]. The maximum atomic E-state index is 5.72. The minimum atomic E-state index is 0. The third kappa shape index (κ3) is 2.88. The maximum Gasteiger partial charge on any atom is 2.00 e. The molecular weight excluding hydrogens is 306 g/mol. The second-order valence-electron chi connectivity index (χ2n) is 1.92. The molecule has 70 valence electrons. The van der Waals surface area contributed by atoms with Crippen LogP contribution in [0.1, 0.15) is 2.85 Å². The molecule has 0 radical (unpaired) electrons. The van der Waals surface area contributed by atoms with Gasteiger partial charge in [0, 0.05) is 4.90 Å². The van der Waals surface area contributed by atoms with Crippen LogP contribution in [0.3, 0.4) is 0 Å². The van der Waals surface area contributed by atoms with Crippen molar-refractivity contribution in [3.63, 3.8) is 0 Å². The second-order valence-corrected chi connectivity index (χ2v) is 4.26. The van der Waals surface area contributed by atoms with Gasteiger partial charge in [-0.15, -0.1) is 12.6 Å². The number of benzene rings is 1. The Morgan fingerprint density at radius 3 is 1.23 bits per heavy atom. The fraction of sp³-hybridized carbons (Fsp3) is 0. The Kier molecular flexibility index (Phi) is 6.55. The van der Waals surface area contributed by atoms with Gasteiger partial charge in [0.1, 0.15) is 0 Å². The Bertz CT molecular complexity index is 244. The monoisotopic (exact) mass is 306 g/mol. The fourth-order valence-corrected chi connectivity index (χ4v) is 2.09. The van der Waals surface area contributed by atoms with Crippen molar-refractivity contribution in [2.24, 2.45) is 0 Å². The van der Waals surface area contributed by atoms with E-state index in [4.69, 9.17) is 58.0 Å². The molecule has 0 spiro atoms. The molecule has 0 unspecified atom stereocenters. The van der Waals surface area contributed by atoms with Crippen LogP contribution in [0.25, 0.3) is 0 Å². The van der Waals surface area contributed by atoms with Crippen molar-refractivity contribution in [3.05, 3.63) is 25.1 Å². The molecule has 0 amide bonds. The number of rotatable bonds is 0. The molecule has 0 saturated heterocycles. The zero-order chi connectivity index (χ0) is 9.46. The van der Waals surface area contributed by atoms with Crippen molar-refractivity contribution in [3.8, 4) is 0 Å². The summed E-state index contributed by atoms with van der Waals surface area (Å²) in [4.78, 5) is 0.331. The first kappa shape index (κ1) is 14.8. The minimum absolute atomic E-state index is 0. The summed E-state index contributed by atoms with van der Waals surface area (Å²) in [6, 6.07) is 0. The van der Waals surface area contributed by atoms with E-state index in [-0.39, 0.29) is 51.0 Å². The molecule has 0 bridgehead atoms. The van der Waals surface area contributed by atoms with Gasteiger partial charge in [-0.1, -0.05) is 58.0 Å². The van der Waals surface area contributed by atoms with Gasteiger partial charge in [0.05, 0.1) is 25.1 Å². The van der Waals surface area contributed by atoms with E-state index < -0.39 is 0 Å². The zero-order valence-corrected chi connectivity index (χ0v) is 12.1. The van der Waals surface area contributed by atoms with Gasteiger partial charge < -0.3 is 2.85 Å². The molecule has 0 aromatic heterocycles. The standard InChI is InChI=1S/C6HCl5S.Mg.2H/c7-1-2(8)4(10)6(12)5(11)3(1)9;;;/h12H;;;/q;+2;2*-1. The zero-order valence-electron chi connectivity index (χ0n) is 8.04. The van der Waals surface area contributed by atoms with E-state index in [1.807, 2.05) is 0 Å². The summed E-state index contributed by atoms with van der Waals surface area (Å²) in [5, 5.41) is 0.889. The van der Waals surface area contributed by atoms with Crippen LogP contribution in [0.2, 0.25) is 25.1 Å². The van der Waals surface area contributed by atoms with Crippen LogP contribution >= 0.6 is 70.6 Å². The van der Waals surface area contributed by atoms with Crippen LogP contribution in [0, 0.1) is 0 Å². The smallest absolute Gasteiger partial charge is 1.00 e. The van der Waals surface area contributed by atoms with Crippen molar-refractivity contribution in [1.29, 1.82) is 0 Å². The van der Waals surface area contributed by atoms with Gasteiger partial charge in [-0.2, -0.15) is 0 Å². The van der Waals surface area contributed by atoms with Gasteiger partial charge in [0.2, 0.25) is 0 Å². The van der Waals surface area contributed by atoms with Gasteiger partial charge in [-0.05, 0) is 0 Å². The Morgan fingerprint density at radius 2 is 0.923 bits per heavy atom. The summed E-state index contributed by atoms with van der Waals surface area (Å²) in [5.74, 6) is 0. The first-order valence-corrected chi connectivity index (χ1v) is 5.01. The average Bonchev–Trinajstić information content (AvgIpc) is 2.08. The van der Waals surface area contributed by atoms with Crippen molar-refractivity contribution in [2.45, 2.75) is 4.90 Å². The predicted molar refractivity (Wildman–Crippen MR) is 66.7 cm³/mol. The second kappa shape index (κ2) is 5.76. The van der Waals surface area contributed by atoms with E-state index in [1.165, 1.54) is 0 Å². The molecule has 13 heavy (non-hydrogen) atoms. The quantitative estimate of drug-likeness (QED) is 0.293. The number of thiol groups is 1. The summed E-state index contributed by atoms with van der Waals surface area (Å²) < 4.78 is 0. The first-order valence-electron chi connectivity index (χ1n) is 2.67. The molecule has 0 aliphatic rings. The fourth-order valence-electron chi connectivity index (χ4n) is 0.593. The minimum Gasteiger partial charge on any atom is -1.00 e. The molecule has 0 aliphatic carbocycles. The van der Waals surface area contributed by atoms with Crippen LogP contribution in [0.15, 0.2) is 4.90 Å². The van der Waals surface area contributed by atoms with Gasteiger partial charge in [-0.25, -0.2) is 0 Å². The summed E-state index contributed by atoms with van der Waals surface area (Å²) in [5.41, 5.74) is 0. The summed E-state index contributed by atoms with van der Waals surface area (Å²) in [6.45, 7) is 0. The Labute approximate surface area is 125 Å². The molecule has 1 aromatic rings. The molecule has 0 nitrogen and oxygen atoms in total. The Balaban J connectivity index is -0.000000480. The van der Waals surface area contributed by atoms with Crippen molar-refractivity contribution >= 4 is 93.7 Å². The molecule has 0 aliphatic heterocycles. The summed E-state index contributed by atoms with van der Waals surface area (Å²) in [7, 11) is 0. The van der Waals surface area contributed by atoms with E-state index in [1.54, 1.807) is 0 Å². The van der Waals surface area contributed by atoms with Crippen LogP contribution < -0.4 is 0 Å². The Morgan fingerprint density at radius 1 is 0.692 bits per heavy atom. The number of hydrogen-bond acceptors (Lipinski definition) is 1. The van der Waals surface area contributed by atoms with Gasteiger partial charge >= 0.3 is 23.1 Å². The van der Waals surface area contributed by atoms with Gasteiger partial charge in [-0.3, -0.25) is 0 Å². The molecule has 0 N–H and O–H groups in total. The molecule has 7 heteroatoms. The van der Waals surface area contributed by atoms with Crippen LogP contribution in [-0.2, 0) is 0 Å². The van der Waals surface area contributed by atoms with E-state index in [2.05, 4.69) is 12.6 Å². The van der Waals surface area contributed by atoms with Crippen LogP contribution in [0.5, 0.6) is 0 Å². The number of halogens is 5. The van der Waals surface area contributed by atoms with Crippen molar-refractivity contribution < 1.29 is 2.85 Å². The van der Waals surface area contributed by atoms with E-state index in [0.29, 0.717) is 4.90 Å².